The highest BCUT2D eigenvalue weighted by Crippen LogP contribution is 2.45. The van der Waals surface area contributed by atoms with Crippen molar-refractivity contribution in [2.75, 3.05) is 7.11 Å². The van der Waals surface area contributed by atoms with E-state index < -0.39 is 35.4 Å². The number of esters is 2. The first-order chi connectivity index (χ1) is 16.3. The topological polar surface area (TPSA) is 81.7 Å². The summed E-state index contributed by atoms with van der Waals surface area (Å²) in [6.45, 7) is 3.59. The van der Waals surface area contributed by atoms with Gasteiger partial charge in [0.05, 0.1) is 12.7 Å². The summed E-state index contributed by atoms with van der Waals surface area (Å²) in [5, 5.41) is 3.19. The minimum atomic E-state index is -0.999. The van der Waals surface area contributed by atoms with Crippen LogP contribution < -0.4 is 5.32 Å². The molecule has 0 spiro atoms. The Labute approximate surface area is 197 Å². The van der Waals surface area contributed by atoms with Crippen LogP contribution in [0, 0.1) is 17.7 Å². The average Bonchev–Trinajstić information content (AvgIpc) is 2.82. The van der Waals surface area contributed by atoms with E-state index in [0.717, 1.165) is 5.56 Å². The summed E-state index contributed by atoms with van der Waals surface area (Å²) in [6.07, 6.45) is 0.413. The van der Waals surface area contributed by atoms with Gasteiger partial charge in [0.15, 0.2) is 5.78 Å². The number of ether oxygens (including phenoxy) is 2. The number of allylic oxidation sites excluding steroid dienone is 3. The Morgan fingerprint density at radius 2 is 1.85 bits per heavy atom. The molecule has 176 valence electrons. The molecule has 1 heterocycles. The van der Waals surface area contributed by atoms with Gasteiger partial charge in [0, 0.05) is 22.9 Å². The van der Waals surface area contributed by atoms with E-state index in [0.29, 0.717) is 23.4 Å². The third-order valence-corrected chi connectivity index (χ3v) is 6.36. The number of Topliss-reactive ketones (excluding diaryl/α,β-unsaturated/α-hetero) is 1. The predicted molar refractivity (Wildman–Crippen MR) is 123 cm³/mol. The maximum Gasteiger partial charge on any atom is 0.337 e. The van der Waals surface area contributed by atoms with E-state index in [4.69, 9.17) is 9.47 Å². The van der Waals surface area contributed by atoms with Gasteiger partial charge in [0.25, 0.3) is 0 Å². The molecule has 7 heteroatoms. The zero-order chi connectivity index (χ0) is 24.4. The van der Waals surface area contributed by atoms with Crippen LogP contribution in [0.1, 0.15) is 37.3 Å². The molecule has 2 aromatic carbocycles. The number of nitrogens with one attached hydrogen (secondary N) is 1. The highest BCUT2D eigenvalue weighted by molar-refractivity contribution is 6.12. The maximum atomic E-state index is 14.2. The van der Waals surface area contributed by atoms with E-state index >= 15 is 0 Å². The summed E-state index contributed by atoms with van der Waals surface area (Å²) in [7, 11) is 1.24. The second-order valence-corrected chi connectivity index (χ2v) is 8.65. The molecule has 6 nitrogen and oxygen atoms in total. The summed E-state index contributed by atoms with van der Waals surface area (Å²) in [4.78, 5) is 39.4. The van der Waals surface area contributed by atoms with Crippen LogP contribution in [0.4, 0.5) is 4.39 Å². The Kier molecular flexibility index (Phi) is 6.63. The second kappa shape index (κ2) is 9.63. The molecule has 0 saturated heterocycles. The molecule has 0 bridgehead atoms. The van der Waals surface area contributed by atoms with Crippen LogP contribution in [0.25, 0.3) is 0 Å². The third-order valence-electron chi connectivity index (χ3n) is 6.36. The van der Waals surface area contributed by atoms with Gasteiger partial charge in [-0.15, -0.1) is 0 Å². The monoisotopic (exact) mass is 463 g/mol. The lowest BCUT2D eigenvalue weighted by Gasteiger charge is -2.38. The van der Waals surface area contributed by atoms with Crippen LogP contribution in [0.2, 0.25) is 0 Å². The van der Waals surface area contributed by atoms with E-state index in [1.807, 2.05) is 37.3 Å². The van der Waals surface area contributed by atoms with Crippen molar-refractivity contribution in [2.45, 2.75) is 32.8 Å². The van der Waals surface area contributed by atoms with E-state index in [2.05, 4.69) is 5.32 Å². The minimum absolute atomic E-state index is 0.0496. The van der Waals surface area contributed by atoms with E-state index in [1.165, 1.54) is 25.3 Å². The van der Waals surface area contributed by atoms with Crippen molar-refractivity contribution in [2.24, 2.45) is 11.8 Å². The van der Waals surface area contributed by atoms with Crippen LogP contribution in [0.5, 0.6) is 0 Å². The Balaban J connectivity index is 1.77. The second-order valence-electron chi connectivity index (χ2n) is 8.65. The van der Waals surface area contributed by atoms with Crippen molar-refractivity contribution >= 4 is 17.7 Å². The van der Waals surface area contributed by atoms with Gasteiger partial charge in [-0.05, 0) is 42.5 Å². The molecule has 0 amide bonds. The van der Waals surface area contributed by atoms with E-state index in [-0.39, 0.29) is 23.7 Å². The highest BCUT2D eigenvalue weighted by atomic mass is 19.1. The Hall–Kier alpha value is -3.74. The Morgan fingerprint density at radius 3 is 2.53 bits per heavy atom. The molecular weight excluding hydrogens is 437 g/mol. The van der Waals surface area contributed by atoms with Gasteiger partial charge in [-0.25, -0.2) is 9.18 Å². The van der Waals surface area contributed by atoms with Crippen molar-refractivity contribution in [1.29, 1.82) is 0 Å². The quantitative estimate of drug-likeness (QED) is 0.529. The van der Waals surface area contributed by atoms with Gasteiger partial charge >= 0.3 is 11.9 Å². The fraction of sp³-hybridized carbons (Fsp3) is 0.296. The first-order valence-electron chi connectivity index (χ1n) is 11.1. The minimum Gasteiger partial charge on any atom is -0.468 e. The van der Waals surface area contributed by atoms with Crippen LogP contribution in [0.3, 0.4) is 0 Å². The van der Waals surface area contributed by atoms with Crippen molar-refractivity contribution < 1.29 is 28.2 Å². The molecule has 2 aromatic rings. The molecule has 0 aromatic heterocycles. The smallest absolute Gasteiger partial charge is 0.337 e. The molecule has 0 fully saturated rings. The molecular formula is C27H26FNO5. The molecule has 3 atom stereocenters. The average molecular weight is 464 g/mol. The predicted octanol–water partition coefficient (Wildman–Crippen LogP) is 4.18. The molecule has 1 aliphatic carbocycles. The van der Waals surface area contributed by atoms with Gasteiger partial charge in [-0.1, -0.05) is 49.4 Å². The van der Waals surface area contributed by atoms with Crippen LogP contribution >= 0.6 is 0 Å². The van der Waals surface area contributed by atoms with E-state index in [9.17, 15) is 18.8 Å². The summed E-state index contributed by atoms with van der Waals surface area (Å²) in [5.74, 6) is -4.32. The number of hydrogen-bond donors (Lipinski definition) is 1. The number of methoxy groups -OCH3 is 1. The number of rotatable bonds is 5. The number of hydrogen-bond acceptors (Lipinski definition) is 6. The molecule has 4 rings (SSSR count). The van der Waals surface area contributed by atoms with Gasteiger partial charge in [-0.3, -0.25) is 9.59 Å². The molecule has 0 radical (unpaired) electrons. The molecule has 1 N–H and O–H groups in total. The van der Waals surface area contributed by atoms with Crippen LogP contribution in [0.15, 0.2) is 77.1 Å². The normalized spacial score (nSPS) is 22.1. The Morgan fingerprint density at radius 1 is 1.12 bits per heavy atom. The van der Waals surface area contributed by atoms with Crippen LogP contribution in [-0.2, 0) is 30.5 Å². The SMILES string of the molecule is COC(=O)[C@@H]1C(=O)C2=C(C[C@H]1C)NC(C)=C(C(=O)OCc1ccccc1)[C@H]2c1cccc(F)c1. The number of halogens is 1. The lowest BCUT2D eigenvalue weighted by molar-refractivity contribution is -0.151. The summed E-state index contributed by atoms with van der Waals surface area (Å²) >= 11 is 0. The molecule has 2 aliphatic rings. The number of carbonyl (C=O) groups is 3. The van der Waals surface area contributed by atoms with Crippen molar-refractivity contribution in [3.05, 3.63) is 94.1 Å². The zero-order valence-electron chi connectivity index (χ0n) is 19.3. The lowest BCUT2D eigenvalue weighted by atomic mass is 9.69. The van der Waals surface area contributed by atoms with Gasteiger partial charge in [0.1, 0.15) is 18.3 Å². The lowest BCUT2D eigenvalue weighted by Crippen LogP contribution is -2.43. The summed E-state index contributed by atoms with van der Waals surface area (Å²) < 4.78 is 24.7. The first-order valence-corrected chi connectivity index (χ1v) is 11.1. The first kappa shape index (κ1) is 23.4. The third kappa shape index (κ3) is 4.38. The van der Waals surface area contributed by atoms with Gasteiger partial charge in [0.2, 0.25) is 0 Å². The van der Waals surface area contributed by atoms with Crippen LogP contribution in [-0.4, -0.2) is 24.8 Å². The largest absolute Gasteiger partial charge is 0.468 e. The van der Waals surface area contributed by atoms with Crippen molar-refractivity contribution in [3.8, 4) is 0 Å². The molecule has 34 heavy (non-hydrogen) atoms. The number of ketones is 1. The molecule has 0 unspecified atom stereocenters. The maximum absolute atomic E-state index is 14.2. The van der Waals surface area contributed by atoms with Gasteiger partial charge < -0.3 is 14.8 Å². The highest BCUT2D eigenvalue weighted by Gasteiger charge is 2.47. The zero-order valence-corrected chi connectivity index (χ0v) is 19.3. The number of carbonyl (C=O) groups excluding carboxylic acids is 3. The fourth-order valence-electron chi connectivity index (χ4n) is 4.77. The Bertz CT molecular complexity index is 1200. The number of dihydropyridines is 1. The number of benzene rings is 2. The standard InChI is InChI=1S/C27H26FNO5/c1-15-12-20-24(25(30)21(15)26(31)33-3)23(18-10-7-11-19(28)13-18)22(16(2)29-20)27(32)34-14-17-8-5-4-6-9-17/h4-11,13,15,21,23,29H,12,14H2,1-3H3/t15-,21+,23-/m1/s1. The van der Waals surface area contributed by atoms with E-state index in [1.54, 1.807) is 13.0 Å². The summed E-state index contributed by atoms with van der Waals surface area (Å²) in [5.41, 5.74) is 2.90. The van der Waals surface area contributed by atoms with Crippen molar-refractivity contribution in [3.63, 3.8) is 0 Å². The summed E-state index contributed by atoms with van der Waals surface area (Å²) in [6, 6.07) is 15.0. The fourth-order valence-corrected chi connectivity index (χ4v) is 4.77. The molecule has 0 saturated carbocycles. The molecule has 1 aliphatic heterocycles. The van der Waals surface area contributed by atoms with Gasteiger partial charge in [-0.2, -0.15) is 0 Å². The van der Waals surface area contributed by atoms with Crippen molar-refractivity contribution in [1.82, 2.24) is 5.32 Å².